The van der Waals surface area contributed by atoms with Crippen LogP contribution in [0.2, 0.25) is 0 Å². The molecule has 0 atom stereocenters. The van der Waals surface area contributed by atoms with Gasteiger partial charge in [-0.1, -0.05) is 17.7 Å². The van der Waals surface area contributed by atoms with Crippen LogP contribution in [-0.4, -0.2) is 20.2 Å². The van der Waals surface area contributed by atoms with Crippen molar-refractivity contribution in [3.8, 4) is 5.69 Å². The molecule has 0 aliphatic heterocycles. The quantitative estimate of drug-likeness (QED) is 0.654. The van der Waals surface area contributed by atoms with Crippen molar-refractivity contribution >= 4 is 0 Å². The maximum Gasteiger partial charge on any atom is 0.172 e. The Morgan fingerprint density at radius 2 is 1.77 bits per heavy atom. The van der Waals surface area contributed by atoms with Crippen LogP contribution < -0.4 is 0 Å². The zero-order valence-electron chi connectivity index (χ0n) is 7.60. The molecule has 0 saturated heterocycles. The summed E-state index contributed by atoms with van der Waals surface area (Å²) in [6.07, 6.45) is 0. The second-order valence-corrected chi connectivity index (χ2v) is 2.96. The van der Waals surface area contributed by atoms with E-state index in [1.165, 1.54) is 10.4 Å². The van der Waals surface area contributed by atoms with Crippen molar-refractivity contribution in [1.29, 1.82) is 0 Å². The van der Waals surface area contributed by atoms with Gasteiger partial charge >= 0.3 is 0 Å². The summed E-state index contributed by atoms with van der Waals surface area (Å²) in [5.74, 6) is 0.681. The number of nitrogens with zero attached hydrogens (tertiary/aromatic N) is 4. The fourth-order valence-corrected chi connectivity index (χ4v) is 1.07. The molecular weight excluding hydrogens is 164 g/mol. The third-order valence-corrected chi connectivity index (χ3v) is 1.78. The van der Waals surface area contributed by atoms with Gasteiger partial charge in [0.1, 0.15) is 0 Å². The summed E-state index contributed by atoms with van der Waals surface area (Å²) in [6.45, 7) is 3.86. The van der Waals surface area contributed by atoms with Crippen LogP contribution in [0, 0.1) is 13.8 Å². The first-order valence-electron chi connectivity index (χ1n) is 4.09. The van der Waals surface area contributed by atoms with Gasteiger partial charge in [0.25, 0.3) is 0 Å². The molecule has 2 rings (SSSR count). The SMILES string of the molecule is Cc1ccc(-n2nnc(C)n2)cc1. The molecule has 4 heteroatoms. The van der Waals surface area contributed by atoms with Crippen LogP contribution in [0.25, 0.3) is 5.69 Å². The maximum absolute atomic E-state index is 4.11. The van der Waals surface area contributed by atoms with E-state index >= 15 is 0 Å². The van der Waals surface area contributed by atoms with Crippen LogP contribution in [-0.2, 0) is 0 Å². The molecule has 1 aromatic heterocycles. The number of rotatable bonds is 1. The van der Waals surface area contributed by atoms with E-state index < -0.39 is 0 Å². The molecule has 0 unspecified atom stereocenters. The Labute approximate surface area is 76.2 Å². The molecule has 1 aromatic carbocycles. The van der Waals surface area contributed by atoms with Crippen molar-refractivity contribution in [3.05, 3.63) is 35.7 Å². The zero-order valence-corrected chi connectivity index (χ0v) is 7.60. The summed E-state index contributed by atoms with van der Waals surface area (Å²) >= 11 is 0. The Bertz CT molecular complexity index is 402. The van der Waals surface area contributed by atoms with E-state index in [1.807, 2.05) is 38.1 Å². The van der Waals surface area contributed by atoms with Crippen molar-refractivity contribution < 1.29 is 0 Å². The van der Waals surface area contributed by atoms with Crippen molar-refractivity contribution in [2.45, 2.75) is 13.8 Å². The van der Waals surface area contributed by atoms with Crippen LogP contribution in [0.4, 0.5) is 0 Å². The highest BCUT2D eigenvalue weighted by molar-refractivity contribution is 5.31. The van der Waals surface area contributed by atoms with E-state index in [-0.39, 0.29) is 0 Å². The van der Waals surface area contributed by atoms with Crippen LogP contribution >= 0.6 is 0 Å². The van der Waals surface area contributed by atoms with Crippen LogP contribution in [0.1, 0.15) is 11.4 Å². The molecule has 4 nitrogen and oxygen atoms in total. The Hall–Kier alpha value is -1.71. The van der Waals surface area contributed by atoms with Gasteiger partial charge in [0.05, 0.1) is 5.69 Å². The average Bonchev–Trinajstić information content (AvgIpc) is 2.53. The second-order valence-electron chi connectivity index (χ2n) is 2.96. The molecule has 0 aliphatic rings. The highest BCUT2D eigenvalue weighted by Crippen LogP contribution is 2.05. The lowest BCUT2D eigenvalue weighted by Gasteiger charge is -1.97. The van der Waals surface area contributed by atoms with Gasteiger partial charge in [-0.25, -0.2) is 0 Å². The number of aromatic nitrogens is 4. The topological polar surface area (TPSA) is 43.6 Å². The van der Waals surface area contributed by atoms with Crippen LogP contribution in [0.3, 0.4) is 0 Å². The number of hydrogen-bond acceptors (Lipinski definition) is 3. The van der Waals surface area contributed by atoms with Crippen LogP contribution in [0.15, 0.2) is 24.3 Å². The molecule has 0 amide bonds. The molecular formula is C9H10N4. The van der Waals surface area contributed by atoms with Crippen molar-refractivity contribution in [3.63, 3.8) is 0 Å². The molecule has 0 fully saturated rings. The lowest BCUT2D eigenvalue weighted by atomic mass is 10.2. The number of benzene rings is 1. The fraction of sp³-hybridized carbons (Fsp3) is 0.222. The van der Waals surface area contributed by atoms with Crippen molar-refractivity contribution in [2.75, 3.05) is 0 Å². The monoisotopic (exact) mass is 174 g/mol. The molecule has 0 spiro atoms. The molecule has 0 radical (unpaired) electrons. The Kier molecular flexibility index (Phi) is 1.81. The zero-order chi connectivity index (χ0) is 9.26. The highest BCUT2D eigenvalue weighted by Gasteiger charge is 1.99. The standard InChI is InChI=1S/C9H10N4/c1-7-3-5-9(6-4-7)13-11-8(2)10-12-13/h3-6H,1-2H3. The Balaban J connectivity index is 2.41. The smallest absolute Gasteiger partial charge is 0.132 e. The van der Waals surface area contributed by atoms with Gasteiger partial charge in [-0.2, -0.15) is 0 Å². The Morgan fingerprint density at radius 3 is 2.31 bits per heavy atom. The summed E-state index contributed by atoms with van der Waals surface area (Å²) in [4.78, 5) is 1.52. The van der Waals surface area contributed by atoms with E-state index in [2.05, 4.69) is 15.4 Å². The lowest BCUT2D eigenvalue weighted by Crippen LogP contribution is -1.98. The first-order chi connectivity index (χ1) is 6.25. The molecule has 0 aliphatic carbocycles. The van der Waals surface area contributed by atoms with E-state index in [0.717, 1.165) is 5.69 Å². The summed E-state index contributed by atoms with van der Waals surface area (Å²) in [7, 11) is 0. The van der Waals surface area contributed by atoms with E-state index in [0.29, 0.717) is 5.82 Å². The maximum atomic E-state index is 4.11. The first-order valence-corrected chi connectivity index (χ1v) is 4.09. The van der Waals surface area contributed by atoms with Gasteiger partial charge in [-0.15, -0.1) is 15.0 Å². The molecule has 66 valence electrons. The van der Waals surface area contributed by atoms with E-state index in [9.17, 15) is 0 Å². The molecule has 0 saturated carbocycles. The summed E-state index contributed by atoms with van der Waals surface area (Å²) in [5.41, 5.74) is 2.16. The molecule has 0 bridgehead atoms. The van der Waals surface area contributed by atoms with Gasteiger partial charge in [0.15, 0.2) is 5.82 Å². The average molecular weight is 174 g/mol. The van der Waals surface area contributed by atoms with E-state index in [4.69, 9.17) is 0 Å². The van der Waals surface area contributed by atoms with Crippen LogP contribution in [0.5, 0.6) is 0 Å². The highest BCUT2D eigenvalue weighted by atomic mass is 15.6. The summed E-state index contributed by atoms with van der Waals surface area (Å²) in [5, 5.41) is 11.8. The number of aryl methyl sites for hydroxylation is 2. The predicted molar refractivity (Wildman–Crippen MR) is 48.6 cm³/mol. The minimum Gasteiger partial charge on any atom is -0.132 e. The number of tetrazole rings is 1. The van der Waals surface area contributed by atoms with Crippen molar-refractivity contribution in [2.24, 2.45) is 0 Å². The fourth-order valence-electron chi connectivity index (χ4n) is 1.07. The lowest BCUT2D eigenvalue weighted by molar-refractivity contribution is 0.718. The minimum atomic E-state index is 0.681. The first kappa shape index (κ1) is 7.91. The van der Waals surface area contributed by atoms with Gasteiger partial charge in [-0.3, -0.25) is 0 Å². The van der Waals surface area contributed by atoms with Gasteiger partial charge < -0.3 is 0 Å². The van der Waals surface area contributed by atoms with Gasteiger partial charge in [0.2, 0.25) is 0 Å². The molecule has 1 heterocycles. The third kappa shape index (κ3) is 1.56. The van der Waals surface area contributed by atoms with E-state index in [1.54, 1.807) is 0 Å². The minimum absolute atomic E-state index is 0.681. The third-order valence-electron chi connectivity index (χ3n) is 1.78. The summed E-state index contributed by atoms with van der Waals surface area (Å²) < 4.78 is 0. The Morgan fingerprint density at radius 1 is 1.08 bits per heavy atom. The second kappa shape index (κ2) is 2.97. The number of hydrogen-bond donors (Lipinski definition) is 0. The predicted octanol–water partition coefficient (Wildman–Crippen LogP) is 1.28. The van der Waals surface area contributed by atoms with Crippen molar-refractivity contribution in [1.82, 2.24) is 20.2 Å². The molecule has 2 aromatic rings. The molecule has 13 heavy (non-hydrogen) atoms. The van der Waals surface area contributed by atoms with Gasteiger partial charge in [-0.05, 0) is 31.2 Å². The largest absolute Gasteiger partial charge is 0.172 e. The normalized spacial score (nSPS) is 10.3. The van der Waals surface area contributed by atoms with Gasteiger partial charge in [0, 0.05) is 0 Å². The molecule has 0 N–H and O–H groups in total. The summed E-state index contributed by atoms with van der Waals surface area (Å²) in [6, 6.07) is 7.98.